The topological polar surface area (TPSA) is 32.3 Å². The van der Waals surface area contributed by atoms with E-state index >= 15 is 0 Å². The molecule has 1 N–H and O–H groups in total. The third kappa shape index (κ3) is 7.68. The number of nitrogens with one attached hydrogen (secondary N) is 1. The van der Waals surface area contributed by atoms with Gasteiger partial charge in [-0.2, -0.15) is 12.6 Å². The molecule has 0 aliphatic heterocycles. The summed E-state index contributed by atoms with van der Waals surface area (Å²) in [4.78, 5) is 13.6. The minimum atomic E-state index is -0.182. The molecule has 3 nitrogen and oxygen atoms in total. The molecule has 0 bridgehead atoms. The molecule has 0 aromatic rings. The van der Waals surface area contributed by atoms with Crippen molar-refractivity contribution in [1.82, 2.24) is 10.2 Å². The van der Waals surface area contributed by atoms with Gasteiger partial charge in [-0.05, 0) is 39.4 Å². The van der Waals surface area contributed by atoms with Gasteiger partial charge in [0.2, 0.25) is 5.91 Å². The summed E-state index contributed by atoms with van der Waals surface area (Å²) in [5.41, 5.74) is 0. The van der Waals surface area contributed by atoms with Crippen LogP contribution in [0, 0.1) is 5.92 Å². The number of rotatable bonds is 7. The van der Waals surface area contributed by atoms with E-state index in [0.29, 0.717) is 0 Å². The molecule has 0 saturated heterocycles. The Morgan fingerprint density at radius 3 is 2.40 bits per heavy atom. The predicted octanol–water partition coefficient (Wildman–Crippen LogP) is 1.40. The Hall–Kier alpha value is -0.220. The highest BCUT2D eigenvalue weighted by molar-refractivity contribution is 7.81. The average Bonchev–Trinajstić information content (AvgIpc) is 2.15. The molecule has 4 heteroatoms. The zero-order valence-corrected chi connectivity index (χ0v) is 11.2. The van der Waals surface area contributed by atoms with Crippen molar-refractivity contribution < 1.29 is 4.79 Å². The molecule has 0 fully saturated rings. The quantitative estimate of drug-likeness (QED) is 0.514. The van der Waals surface area contributed by atoms with Gasteiger partial charge in [-0.15, -0.1) is 0 Å². The van der Waals surface area contributed by atoms with E-state index in [9.17, 15) is 4.79 Å². The fraction of sp³-hybridized carbons (Fsp3) is 0.909. The molecule has 0 aromatic carbocycles. The summed E-state index contributed by atoms with van der Waals surface area (Å²) in [5, 5.41) is 2.72. The maximum absolute atomic E-state index is 11.5. The molecule has 0 rings (SSSR count). The van der Waals surface area contributed by atoms with E-state index < -0.39 is 0 Å². The Balaban J connectivity index is 3.47. The third-order valence-electron chi connectivity index (χ3n) is 2.23. The summed E-state index contributed by atoms with van der Waals surface area (Å²) in [6, 6.07) is 0. The molecule has 0 aliphatic rings. The molecule has 1 atom stereocenters. The van der Waals surface area contributed by atoms with Crippen LogP contribution in [0.5, 0.6) is 0 Å². The highest BCUT2D eigenvalue weighted by atomic mass is 32.1. The Bertz CT molecular complexity index is 183. The van der Waals surface area contributed by atoms with E-state index in [2.05, 4.69) is 36.9 Å². The van der Waals surface area contributed by atoms with Crippen molar-refractivity contribution in [3.8, 4) is 0 Å². The Morgan fingerprint density at radius 2 is 1.93 bits per heavy atom. The van der Waals surface area contributed by atoms with Crippen LogP contribution >= 0.6 is 12.6 Å². The first-order chi connectivity index (χ1) is 6.95. The van der Waals surface area contributed by atoms with Gasteiger partial charge in [-0.1, -0.05) is 13.8 Å². The standard InChI is InChI=1S/C11H24N2OS/c1-9(2)10(15)11(14)12-7-5-6-8-13(3)4/h9-10,15H,5-8H2,1-4H3,(H,12,14). The number of carbonyl (C=O) groups is 1. The third-order valence-corrected chi connectivity index (χ3v) is 3.06. The van der Waals surface area contributed by atoms with Gasteiger partial charge < -0.3 is 10.2 Å². The largest absolute Gasteiger partial charge is 0.355 e. The lowest BCUT2D eigenvalue weighted by Crippen LogP contribution is -2.35. The number of thiol groups is 1. The zero-order chi connectivity index (χ0) is 11.8. The van der Waals surface area contributed by atoms with Crippen LogP contribution in [-0.4, -0.2) is 43.2 Å². The van der Waals surface area contributed by atoms with E-state index in [0.717, 1.165) is 25.9 Å². The maximum atomic E-state index is 11.5. The number of unbranched alkanes of at least 4 members (excludes halogenated alkanes) is 1. The van der Waals surface area contributed by atoms with Gasteiger partial charge in [0.15, 0.2) is 0 Å². The SMILES string of the molecule is CC(C)C(S)C(=O)NCCCCN(C)C. The van der Waals surface area contributed by atoms with E-state index in [-0.39, 0.29) is 17.1 Å². The van der Waals surface area contributed by atoms with Crippen molar-refractivity contribution in [3.63, 3.8) is 0 Å². The summed E-state index contributed by atoms with van der Waals surface area (Å²) < 4.78 is 0. The van der Waals surface area contributed by atoms with Gasteiger partial charge in [-0.25, -0.2) is 0 Å². The first kappa shape index (κ1) is 14.8. The van der Waals surface area contributed by atoms with Crippen molar-refractivity contribution in [1.29, 1.82) is 0 Å². The molecular weight excluding hydrogens is 208 g/mol. The lowest BCUT2D eigenvalue weighted by molar-refractivity contribution is -0.121. The fourth-order valence-electron chi connectivity index (χ4n) is 1.17. The van der Waals surface area contributed by atoms with Gasteiger partial charge in [0.25, 0.3) is 0 Å². The second-order valence-electron chi connectivity index (χ2n) is 4.49. The molecule has 0 saturated carbocycles. The number of hydrogen-bond donors (Lipinski definition) is 2. The minimum absolute atomic E-state index is 0.0539. The minimum Gasteiger partial charge on any atom is -0.355 e. The molecule has 1 amide bonds. The second-order valence-corrected chi connectivity index (χ2v) is 5.05. The summed E-state index contributed by atoms with van der Waals surface area (Å²) in [6.45, 7) is 5.84. The predicted molar refractivity (Wildman–Crippen MR) is 68.4 cm³/mol. The first-order valence-corrected chi connectivity index (χ1v) is 6.07. The highest BCUT2D eigenvalue weighted by Gasteiger charge is 2.16. The number of amides is 1. The smallest absolute Gasteiger partial charge is 0.233 e. The molecule has 0 aliphatic carbocycles. The molecular formula is C11H24N2OS. The van der Waals surface area contributed by atoms with E-state index in [1.165, 1.54) is 0 Å². The molecule has 1 unspecified atom stereocenters. The maximum Gasteiger partial charge on any atom is 0.233 e. The van der Waals surface area contributed by atoms with Crippen LogP contribution in [0.4, 0.5) is 0 Å². The summed E-state index contributed by atoms with van der Waals surface area (Å²) >= 11 is 4.26. The van der Waals surface area contributed by atoms with Gasteiger partial charge in [0.05, 0.1) is 5.25 Å². The van der Waals surface area contributed by atoms with Crippen molar-refractivity contribution in [3.05, 3.63) is 0 Å². The molecule has 0 heterocycles. The van der Waals surface area contributed by atoms with Crippen molar-refractivity contribution in [2.45, 2.75) is 31.9 Å². The zero-order valence-electron chi connectivity index (χ0n) is 10.3. The molecule has 90 valence electrons. The van der Waals surface area contributed by atoms with Crippen molar-refractivity contribution in [2.24, 2.45) is 5.92 Å². The lowest BCUT2D eigenvalue weighted by atomic mass is 10.1. The van der Waals surface area contributed by atoms with Crippen LogP contribution in [0.3, 0.4) is 0 Å². The first-order valence-electron chi connectivity index (χ1n) is 5.55. The van der Waals surface area contributed by atoms with Gasteiger partial charge in [0, 0.05) is 6.54 Å². The molecule has 0 radical (unpaired) electrons. The van der Waals surface area contributed by atoms with Gasteiger partial charge >= 0.3 is 0 Å². The average molecular weight is 232 g/mol. The van der Waals surface area contributed by atoms with Crippen LogP contribution < -0.4 is 5.32 Å². The Morgan fingerprint density at radius 1 is 1.33 bits per heavy atom. The number of hydrogen-bond acceptors (Lipinski definition) is 3. The van der Waals surface area contributed by atoms with E-state index in [4.69, 9.17) is 0 Å². The summed E-state index contributed by atoms with van der Waals surface area (Å²) in [7, 11) is 4.11. The van der Waals surface area contributed by atoms with Crippen LogP contribution in [0.1, 0.15) is 26.7 Å². The normalized spacial score (nSPS) is 13.3. The van der Waals surface area contributed by atoms with Crippen LogP contribution in [0.25, 0.3) is 0 Å². The van der Waals surface area contributed by atoms with Gasteiger partial charge in [0.1, 0.15) is 0 Å². The van der Waals surface area contributed by atoms with Crippen LogP contribution in [0.2, 0.25) is 0 Å². The van der Waals surface area contributed by atoms with E-state index in [1.807, 2.05) is 13.8 Å². The molecule has 0 spiro atoms. The van der Waals surface area contributed by atoms with E-state index in [1.54, 1.807) is 0 Å². The van der Waals surface area contributed by atoms with Crippen molar-refractivity contribution in [2.75, 3.05) is 27.2 Å². The second kappa shape index (κ2) is 7.99. The van der Waals surface area contributed by atoms with Crippen molar-refractivity contribution >= 4 is 18.5 Å². The monoisotopic (exact) mass is 232 g/mol. The number of carbonyl (C=O) groups excluding carboxylic acids is 1. The van der Waals surface area contributed by atoms with Gasteiger partial charge in [-0.3, -0.25) is 4.79 Å². The lowest BCUT2D eigenvalue weighted by Gasteiger charge is -2.14. The summed E-state index contributed by atoms with van der Waals surface area (Å²) in [5.74, 6) is 0.341. The van der Waals surface area contributed by atoms with Crippen LogP contribution in [-0.2, 0) is 4.79 Å². The Labute approximate surface area is 99.0 Å². The molecule has 15 heavy (non-hydrogen) atoms. The highest BCUT2D eigenvalue weighted by Crippen LogP contribution is 2.08. The molecule has 0 aromatic heterocycles. The van der Waals surface area contributed by atoms with Crippen LogP contribution in [0.15, 0.2) is 0 Å². The fourth-order valence-corrected chi connectivity index (χ4v) is 1.26. The number of nitrogens with zero attached hydrogens (tertiary/aromatic N) is 1. The summed E-state index contributed by atoms with van der Waals surface area (Å²) in [6.07, 6.45) is 2.15. The Kier molecular flexibility index (Phi) is 7.88.